The summed E-state index contributed by atoms with van der Waals surface area (Å²) in [5.41, 5.74) is 6.74. The maximum Gasteiger partial charge on any atom is 0.311 e. The van der Waals surface area contributed by atoms with Gasteiger partial charge in [-0.2, -0.15) is 0 Å². The van der Waals surface area contributed by atoms with E-state index in [1.54, 1.807) is 6.92 Å². The molecule has 5 heteroatoms. The minimum absolute atomic E-state index is 0.183. The van der Waals surface area contributed by atoms with Crippen LogP contribution in [0.3, 0.4) is 0 Å². The van der Waals surface area contributed by atoms with Crippen LogP contribution in [-0.4, -0.2) is 28.2 Å². The summed E-state index contributed by atoms with van der Waals surface area (Å²) >= 11 is 0. The van der Waals surface area contributed by atoms with Crippen LogP contribution in [-0.2, 0) is 22.5 Å². The van der Waals surface area contributed by atoms with Crippen LogP contribution in [0.15, 0.2) is 6.20 Å². The van der Waals surface area contributed by atoms with Gasteiger partial charge >= 0.3 is 5.97 Å². The number of imidazole rings is 1. The molecule has 1 aliphatic rings. The first-order chi connectivity index (χ1) is 8.10. The summed E-state index contributed by atoms with van der Waals surface area (Å²) in [6.45, 7) is 5.12. The second-order valence-electron chi connectivity index (χ2n) is 4.62. The number of ether oxygens (including phenoxy) is 1. The fourth-order valence-electron chi connectivity index (χ4n) is 2.36. The molecule has 2 atom stereocenters. The van der Waals surface area contributed by atoms with Gasteiger partial charge in [0.15, 0.2) is 0 Å². The maximum absolute atomic E-state index is 11.4. The highest BCUT2D eigenvalue weighted by Gasteiger charge is 2.24. The van der Waals surface area contributed by atoms with E-state index in [1.807, 2.05) is 6.20 Å². The van der Waals surface area contributed by atoms with Crippen molar-refractivity contribution in [3.63, 3.8) is 0 Å². The van der Waals surface area contributed by atoms with Crippen molar-refractivity contribution in [1.82, 2.24) is 9.55 Å². The lowest BCUT2D eigenvalue weighted by Gasteiger charge is -2.25. The quantitative estimate of drug-likeness (QED) is 0.790. The largest absolute Gasteiger partial charge is 0.466 e. The molecule has 0 saturated heterocycles. The summed E-state index contributed by atoms with van der Waals surface area (Å²) in [6.07, 6.45) is 3.12. The number of esters is 1. The normalized spacial score (nSPS) is 23.2. The molecule has 1 aromatic rings. The zero-order chi connectivity index (χ0) is 12.4. The van der Waals surface area contributed by atoms with E-state index in [9.17, 15) is 4.79 Å². The van der Waals surface area contributed by atoms with Gasteiger partial charge in [-0.05, 0) is 13.3 Å². The van der Waals surface area contributed by atoms with Gasteiger partial charge < -0.3 is 15.0 Å². The second-order valence-corrected chi connectivity index (χ2v) is 4.62. The lowest BCUT2D eigenvalue weighted by atomic mass is 9.98. The van der Waals surface area contributed by atoms with E-state index in [2.05, 4.69) is 16.5 Å². The van der Waals surface area contributed by atoms with Gasteiger partial charge in [0.25, 0.3) is 0 Å². The van der Waals surface area contributed by atoms with E-state index in [4.69, 9.17) is 10.5 Å². The monoisotopic (exact) mass is 237 g/mol. The SMILES string of the molecule is CCOC(=O)Cc1cn2c(n1)C(C)CC(N)C2. The van der Waals surface area contributed by atoms with Crippen molar-refractivity contribution in [2.24, 2.45) is 5.73 Å². The standard InChI is InChI=1S/C12H19N3O2/c1-3-17-11(16)5-10-7-15-6-9(13)4-8(2)12(15)14-10/h7-9H,3-6,13H2,1-2H3. The second kappa shape index (κ2) is 4.87. The van der Waals surface area contributed by atoms with Crippen LogP contribution >= 0.6 is 0 Å². The molecule has 0 aliphatic carbocycles. The molecule has 17 heavy (non-hydrogen) atoms. The van der Waals surface area contributed by atoms with Gasteiger partial charge in [0.1, 0.15) is 5.82 Å². The Bertz CT molecular complexity index is 414. The van der Waals surface area contributed by atoms with Crippen LogP contribution in [0, 0.1) is 0 Å². The van der Waals surface area contributed by atoms with Crippen molar-refractivity contribution in [2.45, 2.75) is 45.2 Å². The molecular formula is C12H19N3O2. The topological polar surface area (TPSA) is 70.1 Å². The molecule has 2 rings (SSSR count). The summed E-state index contributed by atoms with van der Waals surface area (Å²) in [4.78, 5) is 15.9. The molecule has 94 valence electrons. The van der Waals surface area contributed by atoms with Crippen molar-refractivity contribution in [1.29, 1.82) is 0 Å². The maximum atomic E-state index is 11.4. The highest BCUT2D eigenvalue weighted by molar-refractivity contribution is 5.71. The van der Waals surface area contributed by atoms with Gasteiger partial charge in [0, 0.05) is 24.7 Å². The number of carbonyl (C=O) groups is 1. The first-order valence-corrected chi connectivity index (χ1v) is 6.07. The van der Waals surface area contributed by atoms with Gasteiger partial charge in [0.2, 0.25) is 0 Å². The van der Waals surface area contributed by atoms with E-state index in [0.29, 0.717) is 12.5 Å². The van der Waals surface area contributed by atoms with Gasteiger partial charge in [-0.25, -0.2) is 4.98 Å². The molecule has 0 spiro atoms. The zero-order valence-electron chi connectivity index (χ0n) is 10.3. The van der Waals surface area contributed by atoms with Gasteiger partial charge in [-0.1, -0.05) is 6.92 Å². The Morgan fingerprint density at radius 1 is 1.71 bits per heavy atom. The fourth-order valence-corrected chi connectivity index (χ4v) is 2.36. The average Bonchev–Trinajstić information content (AvgIpc) is 2.60. The van der Waals surface area contributed by atoms with Crippen LogP contribution in [0.4, 0.5) is 0 Å². The highest BCUT2D eigenvalue weighted by atomic mass is 16.5. The Balaban J connectivity index is 2.12. The lowest BCUT2D eigenvalue weighted by molar-refractivity contribution is -0.142. The smallest absolute Gasteiger partial charge is 0.311 e. The molecule has 0 bridgehead atoms. The molecule has 0 radical (unpaired) electrons. The molecule has 0 amide bonds. The third-order valence-electron chi connectivity index (χ3n) is 3.02. The Hall–Kier alpha value is -1.36. The van der Waals surface area contributed by atoms with E-state index in [0.717, 1.165) is 24.5 Å². The predicted octanol–water partition coefficient (Wildman–Crippen LogP) is 0.823. The Morgan fingerprint density at radius 3 is 3.18 bits per heavy atom. The van der Waals surface area contributed by atoms with Crippen LogP contribution in [0.1, 0.15) is 37.7 Å². The predicted molar refractivity (Wildman–Crippen MR) is 63.6 cm³/mol. The molecule has 1 aromatic heterocycles. The number of rotatable bonds is 3. The molecule has 5 nitrogen and oxygen atoms in total. The molecule has 2 unspecified atom stereocenters. The van der Waals surface area contributed by atoms with Crippen molar-refractivity contribution in [3.05, 3.63) is 17.7 Å². The van der Waals surface area contributed by atoms with E-state index >= 15 is 0 Å². The van der Waals surface area contributed by atoms with Crippen LogP contribution in [0.2, 0.25) is 0 Å². The number of carbonyl (C=O) groups excluding carboxylic acids is 1. The molecule has 0 saturated carbocycles. The summed E-state index contributed by atoms with van der Waals surface area (Å²) in [5.74, 6) is 1.17. The summed E-state index contributed by atoms with van der Waals surface area (Å²) in [6, 6.07) is 0.183. The van der Waals surface area contributed by atoms with Crippen molar-refractivity contribution in [3.8, 4) is 0 Å². The molecule has 2 heterocycles. The first kappa shape index (κ1) is 12.1. The Kier molecular flexibility index (Phi) is 3.47. The van der Waals surface area contributed by atoms with Crippen LogP contribution in [0.5, 0.6) is 0 Å². The van der Waals surface area contributed by atoms with Gasteiger partial charge in [0.05, 0.1) is 18.7 Å². The van der Waals surface area contributed by atoms with Crippen LogP contribution < -0.4 is 5.73 Å². The van der Waals surface area contributed by atoms with Crippen molar-refractivity contribution in [2.75, 3.05) is 6.61 Å². The Labute approximate surface area is 101 Å². The molecule has 2 N–H and O–H groups in total. The molecule has 0 fully saturated rings. The minimum atomic E-state index is -0.222. The number of fused-ring (bicyclic) bond motifs is 1. The molecular weight excluding hydrogens is 218 g/mol. The number of nitrogens with two attached hydrogens (primary N) is 1. The van der Waals surface area contributed by atoms with Crippen molar-refractivity contribution < 1.29 is 9.53 Å². The number of aromatic nitrogens is 2. The van der Waals surface area contributed by atoms with E-state index in [1.165, 1.54) is 0 Å². The zero-order valence-corrected chi connectivity index (χ0v) is 10.3. The lowest BCUT2D eigenvalue weighted by Crippen LogP contribution is -2.33. The average molecular weight is 237 g/mol. The Morgan fingerprint density at radius 2 is 2.47 bits per heavy atom. The molecule has 0 aromatic carbocycles. The fraction of sp³-hybridized carbons (Fsp3) is 0.667. The summed E-state index contributed by atoms with van der Waals surface area (Å²) in [7, 11) is 0. The third kappa shape index (κ3) is 2.66. The summed E-state index contributed by atoms with van der Waals surface area (Å²) in [5, 5.41) is 0. The number of hydrogen-bond acceptors (Lipinski definition) is 4. The van der Waals surface area contributed by atoms with Gasteiger partial charge in [-0.3, -0.25) is 4.79 Å². The van der Waals surface area contributed by atoms with Crippen molar-refractivity contribution >= 4 is 5.97 Å². The third-order valence-corrected chi connectivity index (χ3v) is 3.02. The van der Waals surface area contributed by atoms with E-state index in [-0.39, 0.29) is 18.4 Å². The van der Waals surface area contributed by atoms with Crippen LogP contribution in [0.25, 0.3) is 0 Å². The number of hydrogen-bond donors (Lipinski definition) is 1. The van der Waals surface area contributed by atoms with Gasteiger partial charge in [-0.15, -0.1) is 0 Å². The van der Waals surface area contributed by atoms with E-state index < -0.39 is 0 Å². The first-order valence-electron chi connectivity index (χ1n) is 6.07. The number of nitrogens with zero attached hydrogens (tertiary/aromatic N) is 2. The summed E-state index contributed by atoms with van der Waals surface area (Å²) < 4.78 is 6.98. The highest BCUT2D eigenvalue weighted by Crippen LogP contribution is 2.25. The molecule has 1 aliphatic heterocycles. The minimum Gasteiger partial charge on any atom is -0.466 e.